The second-order valence-corrected chi connectivity index (χ2v) is 22.6. The summed E-state index contributed by atoms with van der Waals surface area (Å²) in [4.78, 5) is 0. The molecule has 0 amide bonds. The zero-order valence-electron chi connectivity index (χ0n) is 35.9. The van der Waals surface area contributed by atoms with Crippen molar-refractivity contribution in [2.45, 2.75) is 6.04 Å². The van der Waals surface area contributed by atoms with E-state index in [1.807, 2.05) is 11.3 Å². The van der Waals surface area contributed by atoms with Crippen LogP contribution in [0, 0.1) is 0 Å². The van der Waals surface area contributed by atoms with Crippen LogP contribution < -0.4 is 15.6 Å². The number of rotatable bonds is 7. The number of hydrogen-bond acceptors (Lipinski definition) is 2. The third-order valence-electron chi connectivity index (χ3n) is 14.2. The summed E-state index contributed by atoms with van der Waals surface area (Å²) in [5.41, 5.74) is 10.4. The molecule has 14 rings (SSSR count). The summed E-state index contributed by atoms with van der Waals surface area (Å²) in [6.07, 6.45) is 0. The van der Waals surface area contributed by atoms with Crippen LogP contribution in [0.4, 0.5) is 0 Å². The molecule has 0 bridgehead atoms. The molecule has 0 unspecified atom stereocenters. The fourth-order valence-corrected chi connectivity index (χ4v) is 17.2. The molecule has 10 aromatic carbocycles. The second kappa shape index (κ2) is 14.5. The molecule has 0 spiro atoms. The molecule has 66 heavy (non-hydrogen) atoms. The number of nitrogens with zero attached hydrogens (tertiary/aromatic N) is 2. The van der Waals surface area contributed by atoms with Crippen LogP contribution >= 0.6 is 11.3 Å². The molecule has 0 atom stereocenters. The van der Waals surface area contributed by atoms with Gasteiger partial charge in [-0.2, -0.15) is 0 Å². The Labute approximate surface area is 385 Å². The summed E-state index contributed by atoms with van der Waals surface area (Å²) in [6.45, 7) is 0. The number of para-hydroxylation sites is 3. The van der Waals surface area contributed by atoms with Crippen molar-refractivity contribution in [3.63, 3.8) is 0 Å². The van der Waals surface area contributed by atoms with E-state index in [2.05, 4.69) is 240 Å². The van der Waals surface area contributed by atoms with Crippen molar-refractivity contribution in [1.82, 2.24) is 9.13 Å². The van der Waals surface area contributed by atoms with Gasteiger partial charge in [0.2, 0.25) is 0 Å². The molecule has 5 heteroatoms. The number of fused-ring (bicyclic) bond motifs is 12. The van der Waals surface area contributed by atoms with E-state index in [4.69, 9.17) is 4.42 Å². The molecule has 0 fully saturated rings. The van der Waals surface area contributed by atoms with Gasteiger partial charge < -0.3 is 13.6 Å². The Kier molecular flexibility index (Phi) is 8.24. The summed E-state index contributed by atoms with van der Waals surface area (Å²) in [5.74, 6) is 0. The molecule has 0 aliphatic carbocycles. The highest BCUT2D eigenvalue weighted by Crippen LogP contribution is 2.42. The van der Waals surface area contributed by atoms with Gasteiger partial charge in [-0.3, -0.25) is 0 Å². The predicted molar refractivity (Wildman–Crippen MR) is 283 cm³/mol. The SMILES string of the molecule is c1ccc([Si](Cc2cccc3c2c2ccccc2n3-c2ccc3c(c2)c2ccccc2n3-c2cccc3sc4ccccc4c23)(c2ccccc2)c2ccc3oc4ccccc4c3c2)cc1. The number of aromatic nitrogens is 2. The molecule has 0 aliphatic heterocycles. The lowest BCUT2D eigenvalue weighted by atomic mass is 10.1. The van der Waals surface area contributed by atoms with Crippen LogP contribution in [0.25, 0.3) is 97.1 Å². The molecule has 0 radical (unpaired) electrons. The number of thiophene rings is 1. The largest absolute Gasteiger partial charge is 0.456 e. The van der Waals surface area contributed by atoms with Gasteiger partial charge in [-0.05, 0) is 93.9 Å². The number of benzene rings is 10. The van der Waals surface area contributed by atoms with Crippen molar-refractivity contribution in [2.75, 3.05) is 0 Å². The first kappa shape index (κ1) is 37.4. The van der Waals surface area contributed by atoms with Crippen LogP contribution in [0.3, 0.4) is 0 Å². The maximum atomic E-state index is 6.42. The van der Waals surface area contributed by atoms with E-state index in [9.17, 15) is 0 Å². The first-order valence-electron chi connectivity index (χ1n) is 22.7. The van der Waals surface area contributed by atoms with Crippen molar-refractivity contribution in [3.05, 3.63) is 236 Å². The molecule has 0 N–H and O–H groups in total. The summed E-state index contributed by atoms with van der Waals surface area (Å²) in [7, 11) is -2.80. The maximum absolute atomic E-state index is 6.42. The fraction of sp³-hybridized carbons (Fsp3) is 0.0164. The van der Waals surface area contributed by atoms with Crippen molar-refractivity contribution in [2.24, 2.45) is 0 Å². The smallest absolute Gasteiger partial charge is 0.152 e. The molecular weight excluding hydrogens is 837 g/mol. The molecule has 14 aromatic rings. The lowest BCUT2D eigenvalue weighted by Gasteiger charge is -2.34. The van der Waals surface area contributed by atoms with E-state index < -0.39 is 8.07 Å². The van der Waals surface area contributed by atoms with Gasteiger partial charge in [-0.1, -0.05) is 164 Å². The van der Waals surface area contributed by atoms with E-state index in [-0.39, 0.29) is 0 Å². The molecule has 0 saturated carbocycles. The zero-order chi connectivity index (χ0) is 43.3. The monoisotopic (exact) mass is 876 g/mol. The second-order valence-electron chi connectivity index (χ2n) is 17.6. The van der Waals surface area contributed by atoms with Gasteiger partial charge >= 0.3 is 0 Å². The highest BCUT2D eigenvalue weighted by atomic mass is 32.1. The first-order chi connectivity index (χ1) is 32.7. The minimum Gasteiger partial charge on any atom is -0.456 e. The number of furan rings is 1. The fourth-order valence-electron chi connectivity index (χ4n) is 11.3. The summed E-state index contributed by atoms with van der Waals surface area (Å²) < 4.78 is 14.0. The van der Waals surface area contributed by atoms with Crippen LogP contribution in [-0.2, 0) is 6.04 Å². The van der Waals surface area contributed by atoms with Crippen molar-refractivity contribution < 1.29 is 4.42 Å². The van der Waals surface area contributed by atoms with Gasteiger partial charge in [0, 0.05) is 58.2 Å². The van der Waals surface area contributed by atoms with Crippen LogP contribution in [0.2, 0.25) is 0 Å². The maximum Gasteiger partial charge on any atom is 0.152 e. The van der Waals surface area contributed by atoms with Crippen molar-refractivity contribution >= 4 is 121 Å². The van der Waals surface area contributed by atoms with E-state index in [0.717, 1.165) is 28.3 Å². The Morgan fingerprint density at radius 1 is 0.364 bits per heavy atom. The van der Waals surface area contributed by atoms with E-state index in [1.165, 1.54) is 96.0 Å². The normalized spacial score (nSPS) is 12.3. The Balaban J connectivity index is 1.00. The molecule has 3 nitrogen and oxygen atoms in total. The van der Waals surface area contributed by atoms with Crippen LogP contribution in [-0.4, -0.2) is 17.2 Å². The lowest BCUT2D eigenvalue weighted by Crippen LogP contribution is -2.68. The van der Waals surface area contributed by atoms with Crippen LogP contribution in [0.5, 0.6) is 0 Å². The Bertz CT molecular complexity index is 4170. The molecule has 4 heterocycles. The predicted octanol–water partition coefficient (Wildman–Crippen LogP) is 14.4. The van der Waals surface area contributed by atoms with E-state index >= 15 is 0 Å². The van der Waals surface area contributed by atoms with Crippen LogP contribution in [0.1, 0.15) is 5.56 Å². The van der Waals surface area contributed by atoms with E-state index in [0.29, 0.717) is 0 Å². The number of hydrogen-bond donors (Lipinski definition) is 0. The summed E-state index contributed by atoms with van der Waals surface area (Å²) in [5, 5.41) is 14.1. The first-order valence-corrected chi connectivity index (χ1v) is 25.7. The van der Waals surface area contributed by atoms with Gasteiger partial charge in [0.1, 0.15) is 11.2 Å². The van der Waals surface area contributed by atoms with Gasteiger partial charge in [0.25, 0.3) is 0 Å². The van der Waals surface area contributed by atoms with Crippen molar-refractivity contribution in [3.8, 4) is 11.4 Å². The molecule has 310 valence electrons. The molecule has 4 aromatic heterocycles. The molecule has 0 saturated heterocycles. The molecular formula is C61H40N2OSSi. The average Bonchev–Trinajstić information content (AvgIpc) is 4.14. The minimum absolute atomic E-state index is 0.878. The summed E-state index contributed by atoms with van der Waals surface area (Å²) >= 11 is 1.87. The van der Waals surface area contributed by atoms with Gasteiger partial charge in [0.15, 0.2) is 8.07 Å². The van der Waals surface area contributed by atoms with E-state index in [1.54, 1.807) is 0 Å². The van der Waals surface area contributed by atoms with Gasteiger partial charge in [-0.15, -0.1) is 11.3 Å². The third kappa shape index (κ3) is 5.42. The minimum atomic E-state index is -2.80. The standard InChI is InChI=1S/C61H40N2OSSi/c1-3-18-42(19-4-1)66(43-20-5-2-6-21-43,44-34-36-57-50(38-44)46-23-9-13-30-56(46)64-57)39-40-17-15-28-54-60(40)47-24-8-12-27-52(47)62(54)41-33-35-53-49(37-41)45-22-7-11-26-51(45)63(53)55-29-16-32-59-61(55)48-25-10-14-31-58(48)65-59/h1-38H,39H2. The highest BCUT2D eigenvalue weighted by Gasteiger charge is 2.40. The third-order valence-corrected chi connectivity index (χ3v) is 20.2. The summed E-state index contributed by atoms with van der Waals surface area (Å²) in [6, 6.07) is 86.6. The topological polar surface area (TPSA) is 23.0 Å². The Morgan fingerprint density at radius 3 is 1.77 bits per heavy atom. The van der Waals surface area contributed by atoms with Gasteiger partial charge in [-0.25, -0.2) is 0 Å². The average molecular weight is 877 g/mol. The molecule has 0 aliphatic rings. The van der Waals surface area contributed by atoms with Gasteiger partial charge in [0.05, 0.1) is 27.8 Å². The van der Waals surface area contributed by atoms with Crippen molar-refractivity contribution in [1.29, 1.82) is 0 Å². The quantitative estimate of drug-likeness (QED) is 0.116. The van der Waals surface area contributed by atoms with Crippen LogP contribution in [0.15, 0.2) is 235 Å². The highest BCUT2D eigenvalue weighted by molar-refractivity contribution is 7.25. The Morgan fingerprint density at radius 2 is 0.970 bits per heavy atom. The Hall–Kier alpha value is -7.96. The zero-order valence-corrected chi connectivity index (χ0v) is 37.7. The lowest BCUT2D eigenvalue weighted by molar-refractivity contribution is 0.669.